The van der Waals surface area contributed by atoms with Crippen LogP contribution in [0, 0.1) is 0 Å². The third kappa shape index (κ3) is 12.6. The van der Waals surface area contributed by atoms with Crippen molar-refractivity contribution in [1.29, 1.82) is 0 Å². The third-order valence-electron chi connectivity index (χ3n) is 4.36. The smallest absolute Gasteiger partial charge is 0.326 e. The Hall–Kier alpha value is -2.91. The molecule has 0 spiro atoms. The summed E-state index contributed by atoms with van der Waals surface area (Å²) in [4.78, 5) is 70.2. The predicted molar refractivity (Wildman–Crippen MR) is 117 cm³/mol. The second kappa shape index (κ2) is 15.8. The van der Waals surface area contributed by atoms with Gasteiger partial charge in [-0.15, -0.1) is 0 Å². The number of hydrogen-bond donors (Lipinski definition) is 8. The molecule has 4 amide bonds. The average Bonchev–Trinajstić information content (AvgIpc) is 2.74. The Balaban J connectivity index is 5.26. The first-order chi connectivity index (χ1) is 15.4. The zero-order valence-electron chi connectivity index (χ0n) is 18.1. The Morgan fingerprint density at radius 3 is 1.85 bits per heavy atom. The zero-order chi connectivity index (χ0) is 25.6. The Morgan fingerprint density at radius 1 is 0.818 bits per heavy atom. The van der Waals surface area contributed by atoms with Crippen LogP contribution in [-0.2, 0) is 28.8 Å². The molecule has 0 bridgehead atoms. The van der Waals surface area contributed by atoms with Gasteiger partial charge in [-0.2, -0.15) is 11.8 Å². The molecule has 4 atom stereocenters. The molecule has 0 aromatic carbocycles. The van der Waals surface area contributed by atoms with E-state index in [1.807, 2.05) is 0 Å². The van der Waals surface area contributed by atoms with E-state index in [1.165, 1.54) is 11.8 Å². The number of amides is 4. The number of carboxylic acids is 2. The predicted octanol–water partition coefficient (Wildman–Crippen LogP) is -3.27. The van der Waals surface area contributed by atoms with Gasteiger partial charge in [-0.05, 0) is 31.3 Å². The molecule has 0 aliphatic rings. The van der Waals surface area contributed by atoms with Crippen molar-refractivity contribution in [2.75, 3.05) is 18.6 Å². The number of thioether (sulfide) groups is 1. The normalized spacial score (nSPS) is 14.3. The average molecular weight is 494 g/mol. The molecule has 188 valence electrons. The van der Waals surface area contributed by atoms with Crippen molar-refractivity contribution in [2.24, 2.45) is 11.5 Å². The lowest BCUT2D eigenvalue weighted by Crippen LogP contribution is -2.58. The fraction of sp³-hybridized carbons (Fsp3) is 0.667. The van der Waals surface area contributed by atoms with Gasteiger partial charge < -0.3 is 42.7 Å². The van der Waals surface area contributed by atoms with Gasteiger partial charge in [-0.1, -0.05) is 0 Å². The lowest BCUT2D eigenvalue weighted by atomic mass is 10.1. The molecule has 33 heavy (non-hydrogen) atoms. The van der Waals surface area contributed by atoms with Gasteiger partial charge in [0.2, 0.25) is 23.6 Å². The maximum atomic E-state index is 12.6. The summed E-state index contributed by atoms with van der Waals surface area (Å²) in [6.07, 6.45) is 0.706. The first kappa shape index (κ1) is 30.1. The number of primary amides is 1. The van der Waals surface area contributed by atoms with E-state index < -0.39 is 66.3 Å². The molecule has 0 saturated heterocycles. The number of hydrogen-bond acceptors (Lipinski definition) is 9. The number of carbonyl (C=O) groups is 6. The molecular formula is C18H31N5O9S. The molecule has 14 nitrogen and oxygen atoms in total. The van der Waals surface area contributed by atoms with Crippen molar-refractivity contribution in [3.63, 3.8) is 0 Å². The van der Waals surface area contributed by atoms with Crippen LogP contribution in [0.5, 0.6) is 0 Å². The summed E-state index contributed by atoms with van der Waals surface area (Å²) in [6.45, 7) is -0.876. The Morgan fingerprint density at radius 2 is 1.36 bits per heavy atom. The molecule has 15 heteroatoms. The number of nitrogens with two attached hydrogens (primary N) is 2. The summed E-state index contributed by atoms with van der Waals surface area (Å²) in [5, 5.41) is 34.1. The standard InChI is InChI=1S/C18H31N5O9S/c1-33-7-6-11(18(31)32)22-16(29)10(3-4-13(20)25)21-17(30)12(8-24)23-15(28)9(19)2-5-14(26)27/h9-12,24H,2-8,19H2,1H3,(H2,20,25)(H,21,30)(H,22,29)(H,23,28)(H,26,27)(H,31,32). The van der Waals surface area contributed by atoms with Gasteiger partial charge in [0.25, 0.3) is 0 Å². The Bertz CT molecular complexity index is 721. The monoisotopic (exact) mass is 493 g/mol. The van der Waals surface area contributed by atoms with Gasteiger partial charge in [-0.3, -0.25) is 24.0 Å². The minimum Gasteiger partial charge on any atom is -0.481 e. The van der Waals surface area contributed by atoms with E-state index in [0.717, 1.165) is 0 Å². The van der Waals surface area contributed by atoms with Crippen LogP contribution in [0.15, 0.2) is 0 Å². The quantitative estimate of drug-likeness (QED) is 0.0997. The van der Waals surface area contributed by atoms with Crippen LogP contribution in [-0.4, -0.2) is 93.7 Å². The van der Waals surface area contributed by atoms with Crippen LogP contribution in [0.25, 0.3) is 0 Å². The van der Waals surface area contributed by atoms with Crippen LogP contribution in [0.2, 0.25) is 0 Å². The van der Waals surface area contributed by atoms with Crippen LogP contribution in [0.3, 0.4) is 0 Å². The number of rotatable bonds is 17. The minimum absolute atomic E-state index is 0.113. The molecule has 10 N–H and O–H groups in total. The van der Waals surface area contributed by atoms with Crippen LogP contribution < -0.4 is 27.4 Å². The van der Waals surface area contributed by atoms with Crippen LogP contribution in [0.1, 0.15) is 32.1 Å². The number of nitrogens with one attached hydrogen (secondary N) is 3. The Kier molecular flexibility index (Phi) is 14.4. The van der Waals surface area contributed by atoms with Crippen molar-refractivity contribution in [1.82, 2.24) is 16.0 Å². The number of carboxylic acid groups (broad SMARTS) is 2. The Labute approximate surface area is 194 Å². The molecule has 0 fully saturated rings. The summed E-state index contributed by atoms with van der Waals surface area (Å²) in [6, 6.07) is -5.42. The van der Waals surface area contributed by atoms with E-state index in [0.29, 0.717) is 5.75 Å². The van der Waals surface area contributed by atoms with Gasteiger partial charge in [-0.25, -0.2) is 4.79 Å². The highest BCUT2D eigenvalue weighted by atomic mass is 32.2. The zero-order valence-corrected chi connectivity index (χ0v) is 18.9. The van der Waals surface area contributed by atoms with Crippen LogP contribution in [0.4, 0.5) is 0 Å². The molecule has 0 rings (SSSR count). The number of aliphatic hydroxyl groups excluding tert-OH is 1. The highest BCUT2D eigenvalue weighted by Crippen LogP contribution is 2.05. The maximum absolute atomic E-state index is 12.6. The lowest BCUT2D eigenvalue weighted by Gasteiger charge is -2.24. The van der Waals surface area contributed by atoms with E-state index in [-0.39, 0.29) is 32.1 Å². The topological polar surface area (TPSA) is 251 Å². The molecule has 0 radical (unpaired) electrons. The molecule has 0 aromatic heterocycles. The third-order valence-corrected chi connectivity index (χ3v) is 5.00. The fourth-order valence-electron chi connectivity index (χ4n) is 2.48. The largest absolute Gasteiger partial charge is 0.481 e. The SMILES string of the molecule is CSCCC(NC(=O)C(CCC(N)=O)NC(=O)C(CO)NC(=O)C(N)CCC(=O)O)C(=O)O. The number of aliphatic carboxylic acids is 2. The minimum atomic E-state index is -1.54. The summed E-state index contributed by atoms with van der Waals surface area (Å²) in [7, 11) is 0. The fourth-order valence-corrected chi connectivity index (χ4v) is 2.95. The molecule has 0 aliphatic heterocycles. The van der Waals surface area contributed by atoms with E-state index in [9.17, 15) is 39.0 Å². The molecular weight excluding hydrogens is 462 g/mol. The van der Waals surface area contributed by atoms with Crippen molar-refractivity contribution < 1.29 is 44.1 Å². The second-order valence-corrected chi connectivity index (χ2v) is 8.02. The maximum Gasteiger partial charge on any atom is 0.326 e. The second-order valence-electron chi connectivity index (χ2n) is 7.03. The number of carbonyl (C=O) groups excluding carboxylic acids is 4. The molecule has 0 aliphatic carbocycles. The van der Waals surface area contributed by atoms with E-state index in [2.05, 4.69) is 16.0 Å². The van der Waals surface area contributed by atoms with E-state index in [1.54, 1.807) is 6.26 Å². The summed E-state index contributed by atoms with van der Waals surface area (Å²) >= 11 is 1.37. The highest BCUT2D eigenvalue weighted by Gasteiger charge is 2.30. The van der Waals surface area contributed by atoms with Gasteiger partial charge >= 0.3 is 11.9 Å². The van der Waals surface area contributed by atoms with Crippen molar-refractivity contribution in [2.45, 2.75) is 56.3 Å². The van der Waals surface area contributed by atoms with Crippen molar-refractivity contribution in [3.05, 3.63) is 0 Å². The van der Waals surface area contributed by atoms with Gasteiger partial charge in [0.05, 0.1) is 12.6 Å². The van der Waals surface area contributed by atoms with Gasteiger partial charge in [0.1, 0.15) is 18.1 Å². The molecule has 0 saturated carbocycles. The molecule has 0 aromatic rings. The van der Waals surface area contributed by atoms with Gasteiger partial charge in [0.15, 0.2) is 0 Å². The molecule has 0 heterocycles. The van der Waals surface area contributed by atoms with Crippen molar-refractivity contribution >= 4 is 47.3 Å². The summed E-state index contributed by atoms with van der Waals surface area (Å²) in [5.74, 6) is -5.57. The molecule has 4 unspecified atom stereocenters. The summed E-state index contributed by atoms with van der Waals surface area (Å²) in [5.41, 5.74) is 10.6. The highest BCUT2D eigenvalue weighted by molar-refractivity contribution is 7.98. The van der Waals surface area contributed by atoms with Gasteiger partial charge in [0, 0.05) is 12.8 Å². The van der Waals surface area contributed by atoms with Crippen LogP contribution >= 0.6 is 11.8 Å². The first-order valence-corrected chi connectivity index (χ1v) is 11.3. The van der Waals surface area contributed by atoms with Crippen molar-refractivity contribution in [3.8, 4) is 0 Å². The first-order valence-electron chi connectivity index (χ1n) is 9.92. The lowest BCUT2D eigenvalue weighted by molar-refractivity contribution is -0.142. The van der Waals surface area contributed by atoms with E-state index in [4.69, 9.17) is 16.6 Å². The van der Waals surface area contributed by atoms with E-state index >= 15 is 0 Å². The number of aliphatic hydroxyl groups is 1. The summed E-state index contributed by atoms with van der Waals surface area (Å²) < 4.78 is 0.